The molecule has 3 aliphatic carbocycles. The fraction of sp³-hybridized carbons (Fsp3) is 0.455. The number of ether oxygens (including phenoxy) is 1. The lowest BCUT2D eigenvalue weighted by molar-refractivity contribution is -0.184. The van der Waals surface area contributed by atoms with E-state index in [9.17, 15) is 39.6 Å². The van der Waals surface area contributed by atoms with Gasteiger partial charge in [-0.1, -0.05) is 44.2 Å². The number of amides is 2. The molecule has 2 aromatic rings. The molecule has 0 heterocycles. The fourth-order valence-electron chi connectivity index (χ4n) is 7.14. The van der Waals surface area contributed by atoms with Gasteiger partial charge in [-0.2, -0.15) is 0 Å². The Bertz CT molecular complexity index is 1580. The number of hydrogen-bond acceptors (Lipinski definition) is 10. The topological polar surface area (TPSA) is 200 Å². The van der Waals surface area contributed by atoms with Gasteiger partial charge in [0.2, 0.25) is 11.7 Å². The normalized spacial score (nSPS) is 27.6. The molecule has 12 heteroatoms. The largest absolute Gasteiger partial charge is 0.507 e. The van der Waals surface area contributed by atoms with Crippen molar-refractivity contribution >= 4 is 29.3 Å². The molecule has 6 atom stereocenters. The molecule has 45 heavy (non-hydrogen) atoms. The van der Waals surface area contributed by atoms with Crippen LogP contribution in [-0.2, 0) is 32.1 Å². The van der Waals surface area contributed by atoms with Crippen molar-refractivity contribution in [3.63, 3.8) is 0 Å². The van der Waals surface area contributed by atoms with Crippen molar-refractivity contribution in [1.29, 1.82) is 0 Å². The predicted molar refractivity (Wildman–Crippen MR) is 163 cm³/mol. The second-order valence-electron chi connectivity index (χ2n) is 12.8. The van der Waals surface area contributed by atoms with E-state index in [1.54, 1.807) is 25.1 Å². The van der Waals surface area contributed by atoms with Gasteiger partial charge in [0.05, 0.1) is 18.3 Å². The number of carbonyl (C=O) groups excluding carboxylic acids is 4. The van der Waals surface area contributed by atoms with E-state index in [2.05, 4.69) is 5.32 Å². The van der Waals surface area contributed by atoms with Crippen molar-refractivity contribution in [2.24, 2.45) is 29.4 Å². The van der Waals surface area contributed by atoms with E-state index >= 15 is 0 Å². The van der Waals surface area contributed by atoms with Crippen molar-refractivity contribution in [2.45, 2.75) is 51.0 Å². The first-order valence-electron chi connectivity index (χ1n) is 14.9. The summed E-state index contributed by atoms with van der Waals surface area (Å²) in [6.07, 6.45) is -1.85. The average Bonchev–Trinajstić information content (AvgIpc) is 2.97. The number of rotatable bonds is 7. The number of aliphatic hydroxyl groups is 3. The number of carbonyl (C=O) groups is 4. The van der Waals surface area contributed by atoms with Gasteiger partial charge in [-0.15, -0.1) is 0 Å². The van der Waals surface area contributed by atoms with Crippen LogP contribution in [0.15, 0.2) is 42.0 Å². The number of phenols is 1. The van der Waals surface area contributed by atoms with Crippen molar-refractivity contribution in [1.82, 2.24) is 10.2 Å². The summed E-state index contributed by atoms with van der Waals surface area (Å²) in [4.78, 5) is 53.2. The molecule has 0 saturated heterocycles. The van der Waals surface area contributed by atoms with Gasteiger partial charge < -0.3 is 41.1 Å². The first kappa shape index (κ1) is 32.1. The van der Waals surface area contributed by atoms with Crippen LogP contribution in [0.2, 0.25) is 0 Å². The van der Waals surface area contributed by atoms with E-state index in [1.807, 2.05) is 38.1 Å². The number of alkyl carbamates (subject to hydrolysis) is 1. The minimum atomic E-state index is -2.70. The molecule has 0 aliphatic heterocycles. The van der Waals surface area contributed by atoms with Gasteiger partial charge in [0.25, 0.3) is 0 Å². The number of phenolic OH excluding ortho intramolecular Hbond substituents is 1. The zero-order valence-electron chi connectivity index (χ0n) is 25.6. The van der Waals surface area contributed by atoms with E-state index in [-0.39, 0.29) is 42.2 Å². The van der Waals surface area contributed by atoms with Gasteiger partial charge >= 0.3 is 6.09 Å². The van der Waals surface area contributed by atoms with Gasteiger partial charge in [-0.05, 0) is 67.1 Å². The molecular weight excluding hydrogens is 582 g/mol. The van der Waals surface area contributed by atoms with Crippen LogP contribution in [0, 0.1) is 23.7 Å². The second kappa shape index (κ2) is 11.9. The third-order valence-corrected chi connectivity index (χ3v) is 9.22. The number of nitrogens with two attached hydrogens (primary N) is 1. The lowest BCUT2D eigenvalue weighted by Gasteiger charge is -2.53. The van der Waals surface area contributed by atoms with E-state index in [1.165, 1.54) is 6.07 Å². The molecule has 240 valence electrons. The van der Waals surface area contributed by atoms with Crippen LogP contribution < -0.4 is 11.1 Å². The molecule has 3 aliphatic rings. The number of Topliss-reactive ketones (excluding diaryl/α,β-unsaturated/α-hetero) is 2. The zero-order chi connectivity index (χ0) is 33.0. The average molecular weight is 622 g/mol. The number of nitrogens with zero attached hydrogens (tertiary/aromatic N) is 1. The Hall–Kier alpha value is -4.26. The highest BCUT2D eigenvalue weighted by atomic mass is 16.5. The summed E-state index contributed by atoms with van der Waals surface area (Å²) in [6, 6.07) is 9.47. The molecule has 0 spiro atoms. The number of hydrogen-bond donors (Lipinski definition) is 6. The molecule has 0 aromatic heterocycles. The summed E-state index contributed by atoms with van der Waals surface area (Å²) >= 11 is 0. The van der Waals surface area contributed by atoms with Gasteiger partial charge in [0, 0.05) is 24.1 Å². The number of benzene rings is 2. The summed E-state index contributed by atoms with van der Waals surface area (Å²) in [5.74, 6) is -7.61. The SMILES string of the molecule is CC(C)COC(=O)NCc1ccc(-c2ccc(O)c3c2C[C@@H]2C[C@@H]4[C@@H](N(C)C)C(O)C(C(N)=O)C(=O)[C@]4(O)C(=O)C2=C3O)cc1. The van der Waals surface area contributed by atoms with Crippen LogP contribution in [0.1, 0.15) is 37.0 Å². The first-order valence-corrected chi connectivity index (χ1v) is 14.9. The van der Waals surface area contributed by atoms with Crippen LogP contribution in [0.4, 0.5) is 4.79 Å². The maximum Gasteiger partial charge on any atom is 0.407 e. The Labute approximate surface area is 260 Å². The Morgan fingerprint density at radius 3 is 2.38 bits per heavy atom. The summed E-state index contributed by atoms with van der Waals surface area (Å²) in [6.45, 7) is 4.45. The smallest absolute Gasteiger partial charge is 0.407 e. The minimum Gasteiger partial charge on any atom is -0.507 e. The summed E-state index contributed by atoms with van der Waals surface area (Å²) in [5.41, 5.74) is 5.38. The molecule has 2 amide bonds. The number of ketones is 2. The molecule has 2 aromatic carbocycles. The number of primary amides is 1. The van der Waals surface area contributed by atoms with Gasteiger partial charge in [0.15, 0.2) is 11.4 Å². The monoisotopic (exact) mass is 621 g/mol. The predicted octanol–water partition coefficient (Wildman–Crippen LogP) is 1.68. The second-order valence-corrected chi connectivity index (χ2v) is 12.8. The Balaban J connectivity index is 1.51. The van der Waals surface area contributed by atoms with Crippen LogP contribution >= 0.6 is 0 Å². The lowest BCUT2D eigenvalue weighted by Crippen LogP contribution is -2.73. The van der Waals surface area contributed by atoms with Crippen LogP contribution in [0.5, 0.6) is 5.75 Å². The number of aromatic hydroxyl groups is 1. The van der Waals surface area contributed by atoms with Gasteiger partial charge in [-0.25, -0.2) is 4.79 Å². The summed E-state index contributed by atoms with van der Waals surface area (Å²) in [7, 11) is 3.21. The zero-order valence-corrected chi connectivity index (χ0v) is 25.6. The summed E-state index contributed by atoms with van der Waals surface area (Å²) < 4.78 is 5.14. The number of nitrogens with one attached hydrogen (secondary N) is 1. The number of likely N-dealkylation sites (N-methyl/N-ethyl adjacent to an activating group) is 1. The molecule has 5 rings (SSSR count). The van der Waals surface area contributed by atoms with Gasteiger partial charge in [0.1, 0.15) is 17.4 Å². The third-order valence-electron chi connectivity index (χ3n) is 9.22. The van der Waals surface area contributed by atoms with Gasteiger partial charge in [-0.3, -0.25) is 14.4 Å². The highest BCUT2D eigenvalue weighted by Crippen LogP contribution is 2.53. The van der Waals surface area contributed by atoms with Crippen LogP contribution in [0.3, 0.4) is 0 Å². The molecule has 7 N–H and O–H groups in total. The quantitative estimate of drug-likeness (QED) is 0.247. The van der Waals surface area contributed by atoms with Crippen LogP contribution in [-0.4, -0.2) is 87.3 Å². The molecule has 2 saturated carbocycles. The number of fused-ring (bicyclic) bond motifs is 3. The molecule has 2 fully saturated rings. The standard InChI is InChI=1S/C33H39N3O9/c1-15(2)14-45-32(43)35-13-16-5-7-17(8-6-16)19-9-10-22(37)24-20(19)11-18-12-21-26(36(3)4)28(39)25(31(34)42)30(41)33(21,44)29(40)23(18)27(24)38/h5-10,15,18,21,25-26,28,37-39,44H,11-14H2,1-4H3,(H2,34,42)(H,35,43)/t18-,21-,25?,26-,28?,33-/m1/s1. The third kappa shape index (κ3) is 5.36. The maximum atomic E-state index is 14.0. The molecule has 12 nitrogen and oxygen atoms in total. The van der Waals surface area contributed by atoms with Crippen molar-refractivity contribution < 1.29 is 44.3 Å². The molecular formula is C33H39N3O9. The van der Waals surface area contributed by atoms with E-state index in [0.29, 0.717) is 17.7 Å². The maximum absolute atomic E-state index is 14.0. The number of aliphatic hydroxyl groups excluding tert-OH is 2. The van der Waals surface area contributed by atoms with Crippen molar-refractivity contribution in [3.8, 4) is 16.9 Å². The minimum absolute atomic E-state index is 0.0201. The fourth-order valence-corrected chi connectivity index (χ4v) is 7.14. The molecule has 2 unspecified atom stereocenters. The highest BCUT2D eigenvalue weighted by Gasteiger charge is 2.67. The molecule has 0 bridgehead atoms. The lowest BCUT2D eigenvalue weighted by atomic mass is 9.54. The van der Waals surface area contributed by atoms with E-state index < -0.39 is 64.8 Å². The highest BCUT2D eigenvalue weighted by molar-refractivity contribution is 6.25. The Kier molecular flexibility index (Phi) is 8.51. The van der Waals surface area contributed by atoms with E-state index in [4.69, 9.17) is 10.5 Å². The summed E-state index contributed by atoms with van der Waals surface area (Å²) in [5, 5.41) is 47.8. The van der Waals surface area contributed by atoms with Crippen molar-refractivity contribution in [2.75, 3.05) is 20.7 Å². The Morgan fingerprint density at radius 2 is 1.78 bits per heavy atom. The first-order chi connectivity index (χ1) is 21.2. The Morgan fingerprint density at radius 1 is 1.11 bits per heavy atom. The van der Waals surface area contributed by atoms with Crippen LogP contribution in [0.25, 0.3) is 16.9 Å². The van der Waals surface area contributed by atoms with Crippen molar-refractivity contribution in [3.05, 3.63) is 58.7 Å². The van der Waals surface area contributed by atoms with E-state index in [0.717, 1.165) is 11.1 Å². The molecule has 0 radical (unpaired) electrons.